The molecule has 0 atom stereocenters. The molecule has 0 spiro atoms. The number of piperidine rings is 1. The van der Waals surface area contributed by atoms with Gasteiger partial charge in [0.1, 0.15) is 0 Å². The standard InChI is InChI=1S/C16H25N3O/c1-12(2)19-16(20)14-3-5-15(6-4-14)18-11-13-7-9-17-10-8-13/h3-6,12-13,17-18H,7-11H2,1-2H3,(H,19,20). The van der Waals surface area contributed by atoms with Crippen LogP contribution in [0.5, 0.6) is 0 Å². The minimum atomic E-state index is -0.00935. The molecule has 0 aliphatic carbocycles. The molecular weight excluding hydrogens is 250 g/mol. The number of nitrogens with one attached hydrogen (secondary N) is 3. The fourth-order valence-corrected chi connectivity index (χ4v) is 2.43. The molecule has 1 heterocycles. The Kier molecular flexibility index (Phi) is 5.41. The predicted octanol–water partition coefficient (Wildman–Crippen LogP) is 2.24. The fourth-order valence-electron chi connectivity index (χ4n) is 2.43. The van der Waals surface area contributed by atoms with Crippen molar-refractivity contribution in [3.63, 3.8) is 0 Å². The normalized spacial score (nSPS) is 16.1. The molecule has 1 aromatic carbocycles. The molecule has 0 unspecified atom stereocenters. The van der Waals surface area contributed by atoms with E-state index in [-0.39, 0.29) is 11.9 Å². The zero-order valence-corrected chi connectivity index (χ0v) is 12.4. The van der Waals surface area contributed by atoms with Crippen molar-refractivity contribution < 1.29 is 4.79 Å². The molecule has 1 aromatic rings. The first-order valence-corrected chi connectivity index (χ1v) is 7.50. The van der Waals surface area contributed by atoms with E-state index in [1.54, 1.807) is 0 Å². The Morgan fingerprint density at radius 3 is 2.50 bits per heavy atom. The topological polar surface area (TPSA) is 53.2 Å². The van der Waals surface area contributed by atoms with Crippen LogP contribution in [0.25, 0.3) is 0 Å². The molecule has 0 radical (unpaired) electrons. The van der Waals surface area contributed by atoms with Gasteiger partial charge in [-0.25, -0.2) is 0 Å². The van der Waals surface area contributed by atoms with Crippen molar-refractivity contribution in [1.82, 2.24) is 10.6 Å². The van der Waals surface area contributed by atoms with Crippen molar-refractivity contribution in [2.45, 2.75) is 32.7 Å². The van der Waals surface area contributed by atoms with Crippen molar-refractivity contribution in [2.24, 2.45) is 5.92 Å². The van der Waals surface area contributed by atoms with Crippen LogP contribution in [0.15, 0.2) is 24.3 Å². The summed E-state index contributed by atoms with van der Waals surface area (Å²) in [6, 6.07) is 7.89. The van der Waals surface area contributed by atoms with Gasteiger partial charge in [-0.3, -0.25) is 4.79 Å². The summed E-state index contributed by atoms with van der Waals surface area (Å²) in [4.78, 5) is 11.8. The lowest BCUT2D eigenvalue weighted by atomic mass is 9.98. The van der Waals surface area contributed by atoms with Crippen molar-refractivity contribution in [3.05, 3.63) is 29.8 Å². The van der Waals surface area contributed by atoms with Gasteiger partial charge in [0.25, 0.3) is 5.91 Å². The van der Waals surface area contributed by atoms with Crippen LogP contribution in [0.3, 0.4) is 0 Å². The number of carbonyl (C=O) groups excluding carboxylic acids is 1. The summed E-state index contributed by atoms with van der Waals surface area (Å²) in [5, 5.41) is 9.73. The molecule has 1 aliphatic heterocycles. The van der Waals surface area contributed by atoms with Gasteiger partial charge < -0.3 is 16.0 Å². The molecule has 1 amide bonds. The molecule has 0 aromatic heterocycles. The van der Waals surface area contributed by atoms with Gasteiger partial charge >= 0.3 is 0 Å². The largest absolute Gasteiger partial charge is 0.385 e. The van der Waals surface area contributed by atoms with Gasteiger partial charge in [-0.05, 0) is 70.0 Å². The maximum Gasteiger partial charge on any atom is 0.251 e. The van der Waals surface area contributed by atoms with E-state index in [4.69, 9.17) is 0 Å². The molecule has 3 N–H and O–H groups in total. The van der Waals surface area contributed by atoms with Gasteiger partial charge in [0.05, 0.1) is 0 Å². The lowest BCUT2D eigenvalue weighted by Crippen LogP contribution is -2.31. The highest BCUT2D eigenvalue weighted by molar-refractivity contribution is 5.94. The summed E-state index contributed by atoms with van der Waals surface area (Å²) >= 11 is 0. The van der Waals surface area contributed by atoms with E-state index in [0.717, 1.165) is 31.2 Å². The summed E-state index contributed by atoms with van der Waals surface area (Å²) in [7, 11) is 0. The van der Waals surface area contributed by atoms with Crippen LogP contribution in [-0.4, -0.2) is 31.6 Å². The molecule has 4 nitrogen and oxygen atoms in total. The van der Waals surface area contributed by atoms with Crippen LogP contribution in [0.1, 0.15) is 37.0 Å². The summed E-state index contributed by atoms with van der Waals surface area (Å²) in [5.41, 5.74) is 1.80. The van der Waals surface area contributed by atoms with Gasteiger partial charge in [-0.2, -0.15) is 0 Å². The quantitative estimate of drug-likeness (QED) is 0.772. The van der Waals surface area contributed by atoms with E-state index in [1.807, 2.05) is 38.1 Å². The Morgan fingerprint density at radius 2 is 1.90 bits per heavy atom. The van der Waals surface area contributed by atoms with Crippen LogP contribution in [0, 0.1) is 5.92 Å². The highest BCUT2D eigenvalue weighted by atomic mass is 16.1. The number of rotatable bonds is 5. The van der Waals surface area contributed by atoms with Gasteiger partial charge in [0.15, 0.2) is 0 Å². The average Bonchev–Trinajstić information content (AvgIpc) is 2.46. The Bertz CT molecular complexity index is 422. The van der Waals surface area contributed by atoms with Gasteiger partial charge in [-0.15, -0.1) is 0 Å². The Morgan fingerprint density at radius 1 is 1.25 bits per heavy atom. The molecule has 4 heteroatoms. The van der Waals surface area contributed by atoms with E-state index in [2.05, 4.69) is 16.0 Å². The van der Waals surface area contributed by atoms with Gasteiger partial charge in [-0.1, -0.05) is 0 Å². The third-order valence-electron chi connectivity index (χ3n) is 3.62. The Balaban J connectivity index is 1.83. The van der Waals surface area contributed by atoms with E-state index >= 15 is 0 Å². The number of benzene rings is 1. The molecule has 1 fully saturated rings. The maximum atomic E-state index is 11.8. The monoisotopic (exact) mass is 275 g/mol. The Labute approximate surface area is 121 Å². The minimum Gasteiger partial charge on any atom is -0.385 e. The van der Waals surface area contributed by atoms with Crippen molar-refractivity contribution in [1.29, 1.82) is 0 Å². The highest BCUT2D eigenvalue weighted by Gasteiger charge is 2.12. The zero-order valence-electron chi connectivity index (χ0n) is 12.4. The lowest BCUT2D eigenvalue weighted by molar-refractivity contribution is 0.0943. The van der Waals surface area contributed by atoms with Gasteiger partial charge in [0.2, 0.25) is 0 Å². The van der Waals surface area contributed by atoms with Crippen molar-refractivity contribution in [2.75, 3.05) is 25.0 Å². The Hall–Kier alpha value is -1.55. The fraction of sp³-hybridized carbons (Fsp3) is 0.562. The second-order valence-electron chi connectivity index (χ2n) is 5.78. The molecule has 1 saturated heterocycles. The van der Waals surface area contributed by atoms with E-state index < -0.39 is 0 Å². The first-order valence-electron chi connectivity index (χ1n) is 7.50. The van der Waals surface area contributed by atoms with Gasteiger partial charge in [0, 0.05) is 23.8 Å². The van der Waals surface area contributed by atoms with Crippen molar-refractivity contribution >= 4 is 11.6 Å². The predicted molar refractivity (Wildman–Crippen MR) is 83.1 cm³/mol. The number of hydrogen-bond acceptors (Lipinski definition) is 3. The summed E-state index contributed by atoms with van der Waals surface area (Å²) < 4.78 is 0. The lowest BCUT2D eigenvalue weighted by Gasteiger charge is -2.23. The number of hydrogen-bond donors (Lipinski definition) is 3. The summed E-state index contributed by atoms with van der Waals surface area (Å²) in [6.07, 6.45) is 2.48. The van der Waals surface area contributed by atoms with E-state index in [0.29, 0.717) is 5.56 Å². The first kappa shape index (κ1) is 14.9. The maximum absolute atomic E-state index is 11.8. The second kappa shape index (κ2) is 7.29. The van der Waals surface area contributed by atoms with Crippen LogP contribution >= 0.6 is 0 Å². The number of anilines is 1. The van der Waals surface area contributed by atoms with Crippen LogP contribution in [0.2, 0.25) is 0 Å². The summed E-state index contributed by atoms with van der Waals surface area (Å²) in [6.45, 7) is 7.19. The first-order chi connectivity index (χ1) is 9.65. The number of carbonyl (C=O) groups is 1. The van der Waals surface area contributed by atoms with Crippen molar-refractivity contribution in [3.8, 4) is 0 Å². The second-order valence-corrected chi connectivity index (χ2v) is 5.78. The molecule has 20 heavy (non-hydrogen) atoms. The molecular formula is C16H25N3O. The smallest absolute Gasteiger partial charge is 0.251 e. The van der Waals surface area contributed by atoms with E-state index in [1.165, 1.54) is 12.8 Å². The molecule has 110 valence electrons. The van der Waals surface area contributed by atoms with Crippen LogP contribution in [0.4, 0.5) is 5.69 Å². The van der Waals surface area contributed by atoms with E-state index in [9.17, 15) is 4.79 Å². The highest BCUT2D eigenvalue weighted by Crippen LogP contribution is 2.15. The molecule has 0 bridgehead atoms. The summed E-state index contributed by atoms with van der Waals surface area (Å²) in [5.74, 6) is 0.741. The third kappa shape index (κ3) is 4.53. The number of amides is 1. The minimum absolute atomic E-state index is 0.00935. The van der Waals surface area contributed by atoms with Crippen LogP contribution in [-0.2, 0) is 0 Å². The third-order valence-corrected chi connectivity index (χ3v) is 3.62. The molecule has 2 rings (SSSR count). The average molecular weight is 275 g/mol. The SMILES string of the molecule is CC(C)NC(=O)c1ccc(NCC2CCNCC2)cc1. The zero-order chi connectivity index (χ0) is 14.4. The molecule has 1 aliphatic rings. The molecule has 0 saturated carbocycles. The van der Waals surface area contributed by atoms with Crippen LogP contribution < -0.4 is 16.0 Å².